The fourth-order valence-electron chi connectivity index (χ4n) is 11.3. The Bertz CT molecular complexity index is 2240. The molecule has 0 spiro atoms. The van der Waals surface area contributed by atoms with E-state index in [-0.39, 0.29) is 64.3 Å². The van der Waals surface area contributed by atoms with Gasteiger partial charge in [-0.1, -0.05) is 13.8 Å². The monoisotopic (exact) mass is 1990 g/mol. The minimum atomic E-state index is -0.898. The number of carboxylic acids is 4. The van der Waals surface area contributed by atoms with E-state index < -0.39 is 23.9 Å². The third kappa shape index (κ3) is 114. The number of nitrogens with zero attached hydrogens (tertiary/aromatic N) is 4. The molecule has 0 heterocycles. The molecule has 2 atom stereocenters. The molecule has 0 aromatic heterocycles. The van der Waals surface area contributed by atoms with E-state index in [4.69, 9.17) is 172 Å². The van der Waals surface area contributed by atoms with Gasteiger partial charge in [0.2, 0.25) is 0 Å². The van der Waals surface area contributed by atoms with Crippen LogP contribution >= 0.6 is 0 Å². The minimum Gasteiger partial charge on any atom is -0.481 e. The van der Waals surface area contributed by atoms with Crippen LogP contribution in [0, 0.1) is 0 Å². The maximum atomic E-state index is 10.5. The van der Waals surface area contributed by atoms with Gasteiger partial charge in [-0.3, -0.25) is 38.8 Å². The van der Waals surface area contributed by atoms with E-state index in [1.807, 2.05) is 0 Å². The maximum absolute atomic E-state index is 10.5. The average molecular weight is 1990 g/mol. The highest BCUT2D eigenvalue weighted by Crippen LogP contribution is 2.07. The Kier molecular flexibility index (Phi) is 115. The van der Waals surface area contributed by atoms with Gasteiger partial charge in [-0.25, -0.2) is 0 Å². The summed E-state index contributed by atoms with van der Waals surface area (Å²) in [5, 5.41) is 34.6. The van der Waals surface area contributed by atoms with Crippen LogP contribution in [-0.2, 0) is 171 Å². The van der Waals surface area contributed by atoms with Crippen LogP contribution in [0.15, 0.2) is 0 Å². The molecule has 0 aromatic carbocycles. The Hall–Kier alpha value is -3.56. The Morgan fingerprint density at radius 1 is 0.176 bits per heavy atom. The van der Waals surface area contributed by atoms with Crippen molar-refractivity contribution in [3.05, 3.63) is 0 Å². The SMILES string of the molecule is CCC(COCCCN(CCOCCOCCOC)CCOCCOCCOC)OCCCN(CCOCCOCCOC)CCOCCOCCOC.CCC(COCCCN(CCOCCOCCOCCOCCC(=O)O)CCOCCOCCOCCOCCC(=O)O)OCCCN(CCOCCOCCOCCOCCC(=O)O)CCOCCOCCOCCOCCC(=O)O. The van der Waals surface area contributed by atoms with Crippen LogP contribution in [-0.4, -0.2) is 566 Å². The second-order valence-electron chi connectivity index (χ2n) is 30.0. The summed E-state index contributed by atoms with van der Waals surface area (Å²) in [6.07, 6.45) is 5.02. The van der Waals surface area contributed by atoms with Gasteiger partial charge in [0.15, 0.2) is 0 Å². The summed E-state index contributed by atoms with van der Waals surface area (Å²) in [6.45, 7) is 41.0. The Labute approximate surface area is 811 Å². The first kappa shape index (κ1) is 134. The maximum Gasteiger partial charge on any atom is 0.305 e. The van der Waals surface area contributed by atoms with Gasteiger partial charge in [0.1, 0.15) is 0 Å². The van der Waals surface area contributed by atoms with Crippen molar-refractivity contribution >= 4 is 23.9 Å². The lowest BCUT2D eigenvalue weighted by Crippen LogP contribution is -2.33. The lowest BCUT2D eigenvalue weighted by Gasteiger charge is -2.23. The topological polar surface area (TPSA) is 458 Å². The number of hydrogen-bond acceptors (Lipinski definition) is 40. The summed E-state index contributed by atoms with van der Waals surface area (Å²) in [5.41, 5.74) is 0. The first-order valence-corrected chi connectivity index (χ1v) is 48.8. The van der Waals surface area contributed by atoms with Crippen LogP contribution in [0.5, 0.6) is 0 Å². The zero-order valence-corrected chi connectivity index (χ0v) is 84.0. The predicted octanol–water partition coefficient (Wildman–Crippen LogP) is 3.25. The molecule has 0 aromatic rings. The fraction of sp³-hybridized carbons (Fsp3) is 0.957. The molecule has 0 saturated heterocycles. The molecule has 2 unspecified atom stereocenters. The number of methoxy groups -OCH3 is 4. The minimum absolute atomic E-state index is 0.0361. The number of aliphatic carboxylic acids is 4. The van der Waals surface area contributed by atoms with Gasteiger partial charge >= 0.3 is 23.9 Å². The van der Waals surface area contributed by atoms with Gasteiger partial charge in [-0.05, 0) is 38.5 Å². The molecule has 0 bridgehead atoms. The van der Waals surface area contributed by atoms with Crippen LogP contribution in [0.1, 0.15) is 78.1 Å². The van der Waals surface area contributed by atoms with Gasteiger partial charge < -0.3 is 172 Å². The van der Waals surface area contributed by atoms with E-state index in [9.17, 15) is 19.2 Å². The van der Waals surface area contributed by atoms with Gasteiger partial charge in [0.05, 0.1) is 395 Å². The number of ether oxygens (including phenoxy) is 32. The quantitative estimate of drug-likeness (QED) is 0.0635. The van der Waals surface area contributed by atoms with Gasteiger partial charge in [0.25, 0.3) is 0 Å². The van der Waals surface area contributed by atoms with E-state index in [2.05, 4.69) is 33.4 Å². The molecule has 0 aliphatic heterocycles. The van der Waals surface area contributed by atoms with Gasteiger partial charge in [0, 0.05) is 133 Å². The molecule has 812 valence electrons. The Balaban J connectivity index is 0. The first-order valence-electron chi connectivity index (χ1n) is 48.8. The van der Waals surface area contributed by atoms with Crippen LogP contribution in [0.4, 0.5) is 0 Å². The molecule has 0 aliphatic carbocycles. The number of hydrogen-bond donors (Lipinski definition) is 4. The zero-order chi connectivity index (χ0) is 99.0. The normalized spacial score (nSPS) is 12.2. The van der Waals surface area contributed by atoms with E-state index in [1.165, 1.54) is 0 Å². The van der Waals surface area contributed by atoms with Crippen molar-refractivity contribution in [1.29, 1.82) is 0 Å². The van der Waals surface area contributed by atoms with Crippen molar-refractivity contribution in [1.82, 2.24) is 19.6 Å². The van der Waals surface area contributed by atoms with Crippen molar-refractivity contribution in [3.63, 3.8) is 0 Å². The highest BCUT2D eigenvalue weighted by Gasteiger charge is 2.16. The third-order valence-corrected chi connectivity index (χ3v) is 18.9. The summed E-state index contributed by atoms with van der Waals surface area (Å²) < 4.78 is 178. The lowest BCUT2D eigenvalue weighted by atomic mass is 10.3. The van der Waals surface area contributed by atoms with Gasteiger partial charge in [-0.2, -0.15) is 0 Å². The van der Waals surface area contributed by atoms with Crippen molar-refractivity contribution in [2.24, 2.45) is 0 Å². The summed E-state index contributed by atoms with van der Waals surface area (Å²) >= 11 is 0. The fourth-order valence-corrected chi connectivity index (χ4v) is 11.3. The standard InChI is InChI=1S/C54H104N2O26.C38H80N2O14/c1-2-50(82-16-4-10-56(13-23-71-31-39-79-47-43-75-35-27-67-19-7-53(61)62)14-24-72-32-40-80-48-44-76-36-28-68-20-8-54(63)64)49-81-15-3-9-55(11-21-69-29-37-77-45-41-73-33-25-65-17-5-51(57)58)12-22-70-30-38-78-46-42-74-34-26-66-18-6-52(59)60;1-6-38(54-16-8-10-40(13-19-47-31-35-51-27-23-43-4)14-20-48-32-36-52-28-24-44-5)37-53-15-7-9-39(11-17-45-29-33-49-25-21-41-2)12-18-46-30-34-50-26-22-42-3/h50H,2-49H2,1H3,(H,57,58)(H,59,60)(H,61,62)(H,63,64);38H,6-37H2,1-5H3. The van der Waals surface area contributed by atoms with Crippen LogP contribution in [0.25, 0.3) is 0 Å². The Morgan fingerprint density at radius 2 is 0.316 bits per heavy atom. The van der Waals surface area contributed by atoms with Crippen molar-refractivity contribution in [3.8, 4) is 0 Å². The molecule has 0 fully saturated rings. The first-order chi connectivity index (χ1) is 66.8. The summed E-state index contributed by atoms with van der Waals surface area (Å²) in [5.74, 6) is -3.59. The molecule has 44 heteroatoms. The molecule has 0 radical (unpaired) electrons. The van der Waals surface area contributed by atoms with Gasteiger partial charge in [-0.15, -0.1) is 0 Å². The van der Waals surface area contributed by atoms with Crippen LogP contribution < -0.4 is 0 Å². The van der Waals surface area contributed by atoms with Crippen LogP contribution in [0.2, 0.25) is 0 Å². The van der Waals surface area contributed by atoms with Crippen LogP contribution in [0.3, 0.4) is 0 Å². The van der Waals surface area contributed by atoms with Crippen molar-refractivity contribution in [2.75, 3.05) is 490 Å². The van der Waals surface area contributed by atoms with E-state index >= 15 is 0 Å². The molecule has 0 amide bonds. The summed E-state index contributed by atoms with van der Waals surface area (Å²) in [4.78, 5) is 51.5. The zero-order valence-electron chi connectivity index (χ0n) is 84.0. The molecule has 4 N–H and O–H groups in total. The average Bonchev–Trinajstić information content (AvgIpc) is 0.988. The van der Waals surface area contributed by atoms with E-state index in [1.54, 1.807) is 28.4 Å². The number of rotatable bonds is 120. The third-order valence-electron chi connectivity index (χ3n) is 18.9. The number of carboxylic acid groups (broad SMARTS) is 4. The highest BCUT2D eigenvalue weighted by molar-refractivity contribution is 5.67. The molecule has 136 heavy (non-hydrogen) atoms. The van der Waals surface area contributed by atoms with E-state index in [0.717, 1.165) is 90.9 Å². The van der Waals surface area contributed by atoms with E-state index in [0.29, 0.717) is 383 Å². The molecule has 0 saturated carbocycles. The highest BCUT2D eigenvalue weighted by atomic mass is 16.6. The summed E-state index contributed by atoms with van der Waals surface area (Å²) in [6, 6.07) is 0. The number of carbonyl (C=O) groups is 4. The molecule has 44 nitrogen and oxygen atoms in total. The molecular weight excluding hydrogens is 1800 g/mol. The molecule has 0 aliphatic rings. The summed E-state index contributed by atoms with van der Waals surface area (Å²) in [7, 11) is 6.66. The second kappa shape index (κ2) is 117. The second-order valence-corrected chi connectivity index (χ2v) is 30.0. The Morgan fingerprint density at radius 3 is 0.463 bits per heavy atom. The molecular formula is C92H184N4O40. The lowest BCUT2D eigenvalue weighted by molar-refractivity contribution is -0.139. The molecule has 0 rings (SSSR count). The van der Waals surface area contributed by atoms with Crippen molar-refractivity contribution < 1.29 is 191 Å². The largest absolute Gasteiger partial charge is 0.481 e. The predicted molar refractivity (Wildman–Crippen MR) is 502 cm³/mol. The van der Waals surface area contributed by atoms with Crippen molar-refractivity contribution in [2.45, 2.75) is 90.3 Å². The smallest absolute Gasteiger partial charge is 0.305 e.